The Hall–Kier alpha value is -1.42. The Kier molecular flexibility index (Phi) is 3.78. The molecule has 1 aromatic carbocycles. The van der Waals surface area contributed by atoms with Crippen molar-refractivity contribution in [3.8, 4) is 0 Å². The second kappa shape index (κ2) is 5.70. The zero-order valence-electron chi connectivity index (χ0n) is 10.3. The molecule has 3 heteroatoms. The lowest BCUT2D eigenvalue weighted by Crippen LogP contribution is -2.10. The van der Waals surface area contributed by atoms with E-state index in [4.69, 9.17) is 0 Å². The third-order valence-electron chi connectivity index (χ3n) is 3.16. The minimum Gasteiger partial charge on any atom is -0.387 e. The molecule has 0 saturated carbocycles. The van der Waals surface area contributed by atoms with Crippen LogP contribution in [0.5, 0.6) is 0 Å². The Morgan fingerprint density at radius 3 is 1.79 bits per heavy atom. The van der Waals surface area contributed by atoms with E-state index in [1.54, 1.807) is 22.7 Å². The molecule has 0 saturated heterocycles. The first-order valence-corrected chi connectivity index (χ1v) is 7.92. The zero-order valence-corrected chi connectivity index (χ0v) is 11.9. The molecule has 2 aromatic heterocycles. The number of rotatable bonds is 4. The Balaban J connectivity index is 2.01. The van der Waals surface area contributed by atoms with Crippen LogP contribution in [-0.2, 0) is 0 Å². The lowest BCUT2D eigenvalue weighted by Gasteiger charge is -2.21. The molecule has 0 amide bonds. The Labute approximate surface area is 120 Å². The molecule has 0 aliphatic heterocycles. The van der Waals surface area contributed by atoms with E-state index in [-0.39, 0.29) is 5.92 Å². The van der Waals surface area contributed by atoms with Crippen molar-refractivity contribution in [2.45, 2.75) is 12.0 Å². The molecule has 0 fully saturated rings. The van der Waals surface area contributed by atoms with Crippen molar-refractivity contribution in [2.24, 2.45) is 0 Å². The third-order valence-corrected chi connectivity index (χ3v) is 5.07. The highest BCUT2D eigenvalue weighted by atomic mass is 32.1. The quantitative estimate of drug-likeness (QED) is 0.738. The lowest BCUT2D eigenvalue weighted by molar-refractivity contribution is 0.161. The summed E-state index contributed by atoms with van der Waals surface area (Å²) in [4.78, 5) is 2.41. The molecule has 0 spiro atoms. The van der Waals surface area contributed by atoms with Gasteiger partial charge in [0.2, 0.25) is 0 Å². The number of aliphatic hydroxyl groups excluding tert-OH is 1. The van der Waals surface area contributed by atoms with Gasteiger partial charge in [-0.1, -0.05) is 42.5 Å². The first-order chi connectivity index (χ1) is 9.36. The van der Waals surface area contributed by atoms with Crippen LogP contribution in [0.3, 0.4) is 0 Å². The molecule has 1 nitrogen and oxygen atoms in total. The minimum absolute atomic E-state index is 0.0300. The maximum absolute atomic E-state index is 10.7. The van der Waals surface area contributed by atoms with Gasteiger partial charge < -0.3 is 5.11 Å². The van der Waals surface area contributed by atoms with E-state index in [1.807, 2.05) is 42.5 Å². The standard InChI is InChI=1S/C16H14OS2/c17-16(12-6-2-1-3-7-12)15(13-8-4-10-18-13)14-9-5-11-19-14/h1-11,15-17H. The summed E-state index contributed by atoms with van der Waals surface area (Å²) in [6.07, 6.45) is -0.501. The molecule has 3 rings (SSSR count). The minimum atomic E-state index is -0.501. The highest BCUT2D eigenvalue weighted by Gasteiger charge is 2.26. The van der Waals surface area contributed by atoms with Gasteiger partial charge in [0.15, 0.2) is 0 Å². The Bertz CT molecular complexity index is 565. The first-order valence-electron chi connectivity index (χ1n) is 6.16. The molecule has 0 aliphatic carbocycles. The monoisotopic (exact) mass is 286 g/mol. The normalized spacial score (nSPS) is 12.7. The van der Waals surface area contributed by atoms with Gasteiger partial charge in [0, 0.05) is 9.75 Å². The van der Waals surface area contributed by atoms with Gasteiger partial charge in [0.1, 0.15) is 0 Å². The smallest absolute Gasteiger partial charge is 0.0915 e. The van der Waals surface area contributed by atoms with E-state index in [9.17, 15) is 5.11 Å². The fourth-order valence-corrected chi connectivity index (χ4v) is 4.05. The molecular formula is C16H14OS2. The maximum Gasteiger partial charge on any atom is 0.0915 e. The van der Waals surface area contributed by atoms with Crippen molar-refractivity contribution in [2.75, 3.05) is 0 Å². The van der Waals surface area contributed by atoms with Crippen LogP contribution in [0.1, 0.15) is 27.3 Å². The van der Waals surface area contributed by atoms with Gasteiger partial charge in [-0.2, -0.15) is 0 Å². The predicted molar refractivity (Wildman–Crippen MR) is 81.9 cm³/mol. The van der Waals surface area contributed by atoms with E-state index in [0.717, 1.165) is 5.56 Å². The predicted octanol–water partition coefficient (Wildman–Crippen LogP) is 4.68. The summed E-state index contributed by atoms with van der Waals surface area (Å²) in [5, 5.41) is 14.9. The highest BCUT2D eigenvalue weighted by Crippen LogP contribution is 2.40. The number of benzene rings is 1. The van der Waals surface area contributed by atoms with Crippen LogP contribution in [0.2, 0.25) is 0 Å². The summed E-state index contributed by atoms with van der Waals surface area (Å²) in [5.74, 6) is 0.0300. The third kappa shape index (κ3) is 2.63. The van der Waals surface area contributed by atoms with Gasteiger partial charge in [0.05, 0.1) is 12.0 Å². The summed E-state index contributed by atoms with van der Waals surface area (Å²) in [6, 6.07) is 18.2. The SMILES string of the molecule is OC(c1ccccc1)C(c1cccs1)c1cccs1. The van der Waals surface area contributed by atoms with Gasteiger partial charge in [-0.3, -0.25) is 0 Å². The van der Waals surface area contributed by atoms with Crippen LogP contribution in [0.15, 0.2) is 65.4 Å². The van der Waals surface area contributed by atoms with Gasteiger partial charge in [-0.05, 0) is 28.5 Å². The molecule has 1 N–H and O–H groups in total. The Morgan fingerprint density at radius 2 is 1.32 bits per heavy atom. The number of aliphatic hydroxyl groups is 1. The van der Waals surface area contributed by atoms with E-state index in [1.165, 1.54) is 9.75 Å². The molecule has 0 aliphatic rings. The van der Waals surface area contributed by atoms with Crippen LogP contribution in [-0.4, -0.2) is 5.11 Å². The molecule has 19 heavy (non-hydrogen) atoms. The van der Waals surface area contributed by atoms with Crippen LogP contribution in [0, 0.1) is 0 Å². The van der Waals surface area contributed by atoms with Crippen LogP contribution < -0.4 is 0 Å². The second-order valence-electron chi connectivity index (χ2n) is 4.36. The van der Waals surface area contributed by atoms with Crippen molar-refractivity contribution < 1.29 is 5.11 Å². The summed E-state index contributed by atoms with van der Waals surface area (Å²) in [6.45, 7) is 0. The number of hydrogen-bond donors (Lipinski definition) is 1. The van der Waals surface area contributed by atoms with E-state index in [0.29, 0.717) is 0 Å². The Morgan fingerprint density at radius 1 is 0.737 bits per heavy atom. The van der Waals surface area contributed by atoms with Crippen molar-refractivity contribution in [1.82, 2.24) is 0 Å². The molecule has 2 heterocycles. The molecule has 0 radical (unpaired) electrons. The van der Waals surface area contributed by atoms with E-state index < -0.39 is 6.10 Å². The van der Waals surface area contributed by atoms with Gasteiger partial charge in [-0.15, -0.1) is 22.7 Å². The summed E-state index contributed by atoms with van der Waals surface area (Å²) < 4.78 is 0. The van der Waals surface area contributed by atoms with Crippen LogP contribution in [0.25, 0.3) is 0 Å². The van der Waals surface area contributed by atoms with Crippen molar-refractivity contribution >= 4 is 22.7 Å². The zero-order chi connectivity index (χ0) is 13.1. The number of thiophene rings is 2. The fourth-order valence-electron chi connectivity index (χ4n) is 2.23. The summed E-state index contributed by atoms with van der Waals surface area (Å²) in [7, 11) is 0. The molecule has 3 aromatic rings. The average Bonchev–Trinajstić information content (AvgIpc) is 3.13. The number of hydrogen-bond acceptors (Lipinski definition) is 3. The van der Waals surface area contributed by atoms with Crippen LogP contribution in [0.4, 0.5) is 0 Å². The van der Waals surface area contributed by atoms with Crippen LogP contribution >= 0.6 is 22.7 Å². The fraction of sp³-hybridized carbons (Fsp3) is 0.125. The van der Waals surface area contributed by atoms with E-state index >= 15 is 0 Å². The first kappa shape index (κ1) is 12.6. The van der Waals surface area contributed by atoms with Crippen molar-refractivity contribution in [3.63, 3.8) is 0 Å². The topological polar surface area (TPSA) is 20.2 Å². The largest absolute Gasteiger partial charge is 0.387 e. The van der Waals surface area contributed by atoms with Crippen molar-refractivity contribution in [1.29, 1.82) is 0 Å². The van der Waals surface area contributed by atoms with Gasteiger partial charge in [0.25, 0.3) is 0 Å². The second-order valence-corrected chi connectivity index (χ2v) is 6.32. The summed E-state index contributed by atoms with van der Waals surface area (Å²) >= 11 is 3.40. The highest BCUT2D eigenvalue weighted by molar-refractivity contribution is 7.11. The molecule has 1 unspecified atom stereocenters. The van der Waals surface area contributed by atoms with Gasteiger partial charge >= 0.3 is 0 Å². The lowest BCUT2D eigenvalue weighted by atomic mass is 9.93. The molecular weight excluding hydrogens is 272 g/mol. The molecule has 0 bridgehead atoms. The van der Waals surface area contributed by atoms with Gasteiger partial charge in [-0.25, -0.2) is 0 Å². The molecule has 96 valence electrons. The maximum atomic E-state index is 10.7. The summed E-state index contributed by atoms with van der Waals surface area (Å²) in [5.41, 5.74) is 0.967. The van der Waals surface area contributed by atoms with Crippen molar-refractivity contribution in [3.05, 3.63) is 80.7 Å². The molecule has 1 atom stereocenters. The average molecular weight is 286 g/mol. The van der Waals surface area contributed by atoms with E-state index in [2.05, 4.69) is 22.9 Å².